The highest BCUT2D eigenvalue weighted by atomic mass is 35.5. The molecule has 2 rings (SSSR count). The van der Waals surface area contributed by atoms with Gasteiger partial charge in [-0.2, -0.15) is 0 Å². The molecular formula is C16H15ClFNO2S. The van der Waals surface area contributed by atoms with Crippen LogP contribution < -0.4 is 5.32 Å². The number of rotatable bonds is 6. The van der Waals surface area contributed by atoms with E-state index in [1.54, 1.807) is 0 Å². The lowest BCUT2D eigenvalue weighted by Crippen LogP contribution is -2.28. The van der Waals surface area contributed by atoms with Crippen LogP contribution in [0.2, 0.25) is 5.02 Å². The topological polar surface area (TPSA) is 46.2 Å². The summed E-state index contributed by atoms with van der Waals surface area (Å²) >= 11 is 5.88. The Kier molecular flexibility index (Phi) is 6.10. The summed E-state index contributed by atoms with van der Waals surface area (Å²) in [7, 11) is -1.39. The van der Waals surface area contributed by atoms with Crippen molar-refractivity contribution >= 4 is 28.3 Å². The van der Waals surface area contributed by atoms with Crippen molar-refractivity contribution < 1.29 is 13.4 Å². The Bertz CT molecular complexity index is 679. The van der Waals surface area contributed by atoms with Crippen LogP contribution in [-0.2, 0) is 27.9 Å². The Balaban J connectivity index is 1.82. The predicted molar refractivity (Wildman–Crippen MR) is 86.4 cm³/mol. The van der Waals surface area contributed by atoms with E-state index >= 15 is 0 Å². The molecule has 6 heteroatoms. The maximum absolute atomic E-state index is 12.9. The van der Waals surface area contributed by atoms with Gasteiger partial charge in [-0.05, 0) is 23.3 Å². The van der Waals surface area contributed by atoms with Gasteiger partial charge in [0.15, 0.2) is 0 Å². The third-order valence-corrected chi connectivity index (χ3v) is 4.53. The van der Waals surface area contributed by atoms with Gasteiger partial charge in [0.05, 0.1) is 5.75 Å². The Morgan fingerprint density at radius 1 is 1.18 bits per heavy atom. The maximum atomic E-state index is 12.9. The van der Waals surface area contributed by atoms with Crippen molar-refractivity contribution in [3.63, 3.8) is 0 Å². The molecule has 0 spiro atoms. The van der Waals surface area contributed by atoms with E-state index in [4.69, 9.17) is 11.6 Å². The highest BCUT2D eigenvalue weighted by molar-refractivity contribution is 7.84. The largest absolute Gasteiger partial charge is 0.351 e. The molecule has 22 heavy (non-hydrogen) atoms. The minimum atomic E-state index is -1.39. The molecule has 0 fully saturated rings. The highest BCUT2D eigenvalue weighted by Gasteiger charge is 2.11. The molecule has 2 aromatic carbocycles. The molecule has 0 aliphatic carbocycles. The molecule has 0 heterocycles. The molecule has 2 aromatic rings. The Labute approximate surface area is 136 Å². The first kappa shape index (κ1) is 16.6. The number of amides is 1. The van der Waals surface area contributed by atoms with Gasteiger partial charge in [-0.25, -0.2) is 4.39 Å². The van der Waals surface area contributed by atoms with Crippen LogP contribution in [0.25, 0.3) is 0 Å². The van der Waals surface area contributed by atoms with E-state index in [0.717, 1.165) is 5.56 Å². The summed E-state index contributed by atoms with van der Waals surface area (Å²) < 4.78 is 24.9. The molecule has 0 aromatic heterocycles. The van der Waals surface area contributed by atoms with Crippen molar-refractivity contribution in [3.8, 4) is 0 Å². The summed E-state index contributed by atoms with van der Waals surface area (Å²) in [6.07, 6.45) is 0. The number of carbonyl (C=O) groups excluding carboxylic acids is 1. The number of benzene rings is 2. The molecule has 1 N–H and O–H groups in total. The van der Waals surface area contributed by atoms with E-state index in [-0.39, 0.29) is 22.4 Å². The molecule has 1 unspecified atom stereocenters. The lowest BCUT2D eigenvalue weighted by atomic mass is 10.2. The van der Waals surface area contributed by atoms with Gasteiger partial charge in [0.25, 0.3) is 0 Å². The fraction of sp³-hybridized carbons (Fsp3) is 0.188. The van der Waals surface area contributed by atoms with Crippen molar-refractivity contribution in [1.29, 1.82) is 0 Å². The lowest BCUT2D eigenvalue weighted by Gasteiger charge is -2.07. The van der Waals surface area contributed by atoms with Crippen LogP contribution in [0, 0.1) is 5.82 Å². The predicted octanol–water partition coefficient (Wildman–Crippen LogP) is 3.04. The van der Waals surface area contributed by atoms with Crippen LogP contribution in [0.4, 0.5) is 4.39 Å². The molecule has 0 bridgehead atoms. The van der Waals surface area contributed by atoms with Crippen LogP contribution in [0.5, 0.6) is 0 Å². The number of hydrogen-bond donors (Lipinski definition) is 1. The second kappa shape index (κ2) is 8.06. The van der Waals surface area contributed by atoms with Gasteiger partial charge in [0, 0.05) is 22.4 Å². The summed E-state index contributed by atoms with van der Waals surface area (Å²) in [4.78, 5) is 11.8. The van der Waals surface area contributed by atoms with Crippen LogP contribution in [-0.4, -0.2) is 15.9 Å². The third kappa shape index (κ3) is 5.24. The van der Waals surface area contributed by atoms with Gasteiger partial charge in [0.1, 0.15) is 11.6 Å². The van der Waals surface area contributed by atoms with Gasteiger partial charge < -0.3 is 5.32 Å². The van der Waals surface area contributed by atoms with Crippen LogP contribution in [0.1, 0.15) is 11.1 Å². The molecule has 0 aliphatic rings. The zero-order chi connectivity index (χ0) is 15.9. The number of hydrogen-bond acceptors (Lipinski definition) is 2. The monoisotopic (exact) mass is 339 g/mol. The summed E-state index contributed by atoms with van der Waals surface area (Å²) in [5, 5.41) is 2.93. The zero-order valence-corrected chi connectivity index (χ0v) is 13.3. The quantitative estimate of drug-likeness (QED) is 0.879. The number of halogens is 2. The van der Waals surface area contributed by atoms with Crippen molar-refractivity contribution in [2.24, 2.45) is 0 Å². The third-order valence-electron chi connectivity index (χ3n) is 2.96. The van der Waals surface area contributed by atoms with Gasteiger partial charge in [-0.1, -0.05) is 48.0 Å². The van der Waals surface area contributed by atoms with Crippen LogP contribution in [0.15, 0.2) is 48.5 Å². The van der Waals surface area contributed by atoms with Crippen LogP contribution in [0.3, 0.4) is 0 Å². The van der Waals surface area contributed by atoms with Gasteiger partial charge in [0.2, 0.25) is 5.91 Å². The maximum Gasteiger partial charge on any atom is 0.232 e. The molecule has 1 amide bonds. The smallest absolute Gasteiger partial charge is 0.232 e. The summed E-state index contributed by atoms with van der Waals surface area (Å²) in [5.74, 6) is -0.723. The number of carbonyl (C=O) groups is 1. The van der Waals surface area contributed by atoms with Gasteiger partial charge in [-0.3, -0.25) is 9.00 Å². The van der Waals surface area contributed by atoms with E-state index < -0.39 is 16.6 Å². The molecule has 3 nitrogen and oxygen atoms in total. The standard InChI is InChI=1S/C16H15ClFNO2S/c17-15-8-14(18)7-6-13(15)10-22(21)11-16(20)19-9-12-4-2-1-3-5-12/h1-8H,9-11H2,(H,19,20). The first-order valence-corrected chi connectivity index (χ1v) is 8.51. The molecule has 116 valence electrons. The lowest BCUT2D eigenvalue weighted by molar-refractivity contribution is -0.118. The molecular weight excluding hydrogens is 325 g/mol. The minimum absolute atomic E-state index is 0.111. The first-order valence-electron chi connectivity index (χ1n) is 6.64. The molecule has 0 saturated heterocycles. The van der Waals surface area contributed by atoms with Crippen molar-refractivity contribution in [3.05, 3.63) is 70.5 Å². The van der Waals surface area contributed by atoms with E-state index in [0.29, 0.717) is 12.1 Å². The SMILES string of the molecule is O=C(CS(=O)Cc1ccc(F)cc1Cl)NCc1ccccc1. The van der Waals surface area contributed by atoms with E-state index in [1.807, 2.05) is 30.3 Å². The molecule has 0 radical (unpaired) electrons. The average molecular weight is 340 g/mol. The average Bonchev–Trinajstić information content (AvgIpc) is 2.49. The second-order valence-corrected chi connectivity index (χ2v) is 6.59. The molecule has 1 atom stereocenters. The molecule has 0 saturated carbocycles. The Hall–Kier alpha value is -1.72. The van der Waals surface area contributed by atoms with Crippen molar-refractivity contribution in [1.82, 2.24) is 5.32 Å². The Morgan fingerprint density at radius 3 is 2.59 bits per heavy atom. The Morgan fingerprint density at radius 2 is 1.91 bits per heavy atom. The zero-order valence-electron chi connectivity index (χ0n) is 11.7. The second-order valence-electron chi connectivity index (χ2n) is 4.73. The highest BCUT2D eigenvalue weighted by Crippen LogP contribution is 2.18. The fourth-order valence-corrected chi connectivity index (χ4v) is 3.27. The van der Waals surface area contributed by atoms with Gasteiger partial charge in [-0.15, -0.1) is 0 Å². The summed E-state index contributed by atoms with van der Waals surface area (Å²) in [5.41, 5.74) is 1.54. The van der Waals surface area contributed by atoms with Crippen molar-refractivity contribution in [2.75, 3.05) is 5.75 Å². The summed E-state index contributed by atoms with van der Waals surface area (Å²) in [6.45, 7) is 0.397. The van der Waals surface area contributed by atoms with Crippen molar-refractivity contribution in [2.45, 2.75) is 12.3 Å². The minimum Gasteiger partial charge on any atom is -0.351 e. The first-order chi connectivity index (χ1) is 10.5. The summed E-state index contributed by atoms with van der Waals surface area (Å²) in [6, 6.07) is 13.4. The fourth-order valence-electron chi connectivity index (χ4n) is 1.86. The van der Waals surface area contributed by atoms with E-state index in [9.17, 15) is 13.4 Å². The van der Waals surface area contributed by atoms with E-state index in [2.05, 4.69) is 5.32 Å². The van der Waals surface area contributed by atoms with Crippen LogP contribution >= 0.6 is 11.6 Å². The van der Waals surface area contributed by atoms with E-state index in [1.165, 1.54) is 18.2 Å². The normalized spacial score (nSPS) is 11.9. The number of nitrogens with one attached hydrogen (secondary N) is 1. The van der Waals surface area contributed by atoms with Gasteiger partial charge >= 0.3 is 0 Å². The molecule has 0 aliphatic heterocycles.